The van der Waals surface area contributed by atoms with Gasteiger partial charge in [0.25, 0.3) is 5.91 Å². The molecule has 0 spiro atoms. The first-order valence-corrected chi connectivity index (χ1v) is 6.44. The van der Waals surface area contributed by atoms with Gasteiger partial charge < -0.3 is 15.7 Å². The maximum absolute atomic E-state index is 12.4. The van der Waals surface area contributed by atoms with Crippen molar-refractivity contribution in [3.63, 3.8) is 0 Å². The van der Waals surface area contributed by atoms with E-state index >= 15 is 0 Å². The zero-order valence-corrected chi connectivity index (χ0v) is 10.7. The summed E-state index contributed by atoms with van der Waals surface area (Å²) in [4.78, 5) is 14.2. The van der Waals surface area contributed by atoms with E-state index in [1.54, 1.807) is 18.2 Å². The Morgan fingerprint density at radius 3 is 2.94 bits per heavy atom. The Morgan fingerprint density at radius 2 is 2.28 bits per heavy atom. The molecular formula is C14H20N2O2. The first-order chi connectivity index (χ1) is 8.63. The van der Waals surface area contributed by atoms with Crippen molar-refractivity contribution in [2.45, 2.75) is 32.2 Å². The number of carbonyl (C=O) groups excluding carboxylic acids is 1. The maximum Gasteiger partial charge on any atom is 0.254 e. The summed E-state index contributed by atoms with van der Waals surface area (Å²) in [5.74, 6) is 0.141. The summed E-state index contributed by atoms with van der Waals surface area (Å²) < 4.78 is 0. The van der Waals surface area contributed by atoms with Crippen LogP contribution < -0.4 is 5.73 Å². The van der Waals surface area contributed by atoms with Crippen LogP contribution >= 0.6 is 0 Å². The number of likely N-dealkylation sites (tertiary alicyclic amines) is 1. The van der Waals surface area contributed by atoms with Crippen LogP contribution in [-0.4, -0.2) is 35.0 Å². The van der Waals surface area contributed by atoms with Crippen molar-refractivity contribution in [3.8, 4) is 5.75 Å². The number of rotatable bonds is 2. The van der Waals surface area contributed by atoms with E-state index in [2.05, 4.69) is 0 Å². The molecule has 0 aromatic heterocycles. The summed E-state index contributed by atoms with van der Waals surface area (Å²) in [7, 11) is 0. The number of aromatic hydroxyl groups is 1. The Bertz CT molecular complexity index is 445. The standard InChI is InChI=1S/C14H20N2O2/c1-10-5-6-11(8-13(10)17)14(18)16-7-3-2-4-12(16)9-15/h5-6,8,12,17H,2-4,7,9,15H2,1H3. The Morgan fingerprint density at radius 1 is 1.50 bits per heavy atom. The van der Waals surface area contributed by atoms with Crippen molar-refractivity contribution in [1.29, 1.82) is 0 Å². The lowest BCUT2D eigenvalue weighted by atomic mass is 10.0. The lowest BCUT2D eigenvalue weighted by molar-refractivity contribution is 0.0623. The van der Waals surface area contributed by atoms with Crippen LogP contribution in [-0.2, 0) is 0 Å². The molecule has 0 bridgehead atoms. The molecule has 2 rings (SSSR count). The van der Waals surface area contributed by atoms with Crippen LogP contribution in [0.5, 0.6) is 5.75 Å². The molecule has 1 amide bonds. The highest BCUT2D eigenvalue weighted by Gasteiger charge is 2.26. The van der Waals surface area contributed by atoms with Gasteiger partial charge in [-0.2, -0.15) is 0 Å². The molecule has 98 valence electrons. The van der Waals surface area contributed by atoms with Crippen molar-refractivity contribution in [1.82, 2.24) is 4.90 Å². The first-order valence-electron chi connectivity index (χ1n) is 6.44. The normalized spacial score (nSPS) is 19.9. The minimum Gasteiger partial charge on any atom is -0.508 e. The van der Waals surface area contributed by atoms with Crippen molar-refractivity contribution in [3.05, 3.63) is 29.3 Å². The Balaban J connectivity index is 2.21. The van der Waals surface area contributed by atoms with E-state index in [-0.39, 0.29) is 17.7 Å². The van der Waals surface area contributed by atoms with Gasteiger partial charge in [-0.25, -0.2) is 0 Å². The quantitative estimate of drug-likeness (QED) is 0.836. The summed E-state index contributed by atoms with van der Waals surface area (Å²) in [5.41, 5.74) is 7.04. The molecule has 1 unspecified atom stereocenters. The average Bonchev–Trinajstić information content (AvgIpc) is 2.41. The number of aryl methyl sites for hydroxylation is 1. The number of nitrogens with zero attached hydrogens (tertiary/aromatic N) is 1. The third-order valence-electron chi connectivity index (χ3n) is 3.62. The van der Waals surface area contributed by atoms with Crippen molar-refractivity contribution < 1.29 is 9.90 Å². The molecular weight excluding hydrogens is 228 g/mol. The molecule has 0 saturated carbocycles. The van der Waals surface area contributed by atoms with Crippen molar-refractivity contribution in [2.75, 3.05) is 13.1 Å². The number of hydrogen-bond acceptors (Lipinski definition) is 3. The zero-order chi connectivity index (χ0) is 13.1. The van der Waals surface area contributed by atoms with Gasteiger partial charge in [-0.05, 0) is 43.9 Å². The number of amides is 1. The summed E-state index contributed by atoms with van der Waals surface area (Å²) in [6.07, 6.45) is 3.13. The molecule has 3 N–H and O–H groups in total. The minimum absolute atomic E-state index is 0.0274. The summed E-state index contributed by atoms with van der Waals surface area (Å²) in [6, 6.07) is 5.21. The van der Waals surface area contributed by atoms with Crippen molar-refractivity contribution >= 4 is 5.91 Å². The van der Waals surface area contributed by atoms with Gasteiger partial charge >= 0.3 is 0 Å². The van der Waals surface area contributed by atoms with Gasteiger partial charge in [-0.3, -0.25) is 4.79 Å². The second-order valence-corrected chi connectivity index (χ2v) is 4.89. The van der Waals surface area contributed by atoms with Crippen molar-refractivity contribution in [2.24, 2.45) is 5.73 Å². The van der Waals surface area contributed by atoms with Gasteiger partial charge in [0.1, 0.15) is 5.75 Å². The monoisotopic (exact) mass is 248 g/mol. The van der Waals surface area contributed by atoms with Crippen LogP contribution in [0.1, 0.15) is 35.2 Å². The van der Waals surface area contributed by atoms with E-state index in [1.165, 1.54) is 0 Å². The Kier molecular flexibility index (Phi) is 3.87. The molecule has 1 aromatic rings. The largest absolute Gasteiger partial charge is 0.508 e. The van der Waals surface area contributed by atoms with Crippen LogP contribution in [0.2, 0.25) is 0 Å². The lowest BCUT2D eigenvalue weighted by Gasteiger charge is -2.35. The molecule has 1 atom stereocenters. The average molecular weight is 248 g/mol. The van der Waals surface area contributed by atoms with E-state index < -0.39 is 0 Å². The number of carbonyl (C=O) groups is 1. The number of phenols is 1. The SMILES string of the molecule is Cc1ccc(C(=O)N2CCCCC2CN)cc1O. The van der Waals surface area contributed by atoms with E-state index in [9.17, 15) is 9.90 Å². The third-order valence-corrected chi connectivity index (χ3v) is 3.62. The van der Waals surface area contributed by atoms with Crippen LogP contribution in [0.15, 0.2) is 18.2 Å². The zero-order valence-electron chi connectivity index (χ0n) is 10.7. The number of nitrogens with two attached hydrogens (primary N) is 1. The highest BCUT2D eigenvalue weighted by atomic mass is 16.3. The molecule has 0 aliphatic carbocycles. The van der Waals surface area contributed by atoms with E-state index in [0.29, 0.717) is 12.1 Å². The topological polar surface area (TPSA) is 66.6 Å². The van der Waals surface area contributed by atoms with E-state index in [0.717, 1.165) is 31.4 Å². The summed E-state index contributed by atoms with van der Waals surface area (Å²) in [6.45, 7) is 3.08. The predicted octanol–water partition coefficient (Wildman–Crippen LogP) is 1.65. The van der Waals surface area contributed by atoms with Crippen LogP contribution in [0.25, 0.3) is 0 Å². The minimum atomic E-state index is -0.0274. The van der Waals surface area contributed by atoms with Gasteiger partial charge in [0.05, 0.1) is 0 Å². The predicted molar refractivity (Wildman–Crippen MR) is 70.6 cm³/mol. The maximum atomic E-state index is 12.4. The molecule has 1 aliphatic rings. The number of hydrogen-bond donors (Lipinski definition) is 2. The first kappa shape index (κ1) is 12.9. The number of benzene rings is 1. The number of phenolic OH excluding ortho intramolecular Hbond substituents is 1. The smallest absolute Gasteiger partial charge is 0.254 e. The molecule has 1 saturated heterocycles. The fourth-order valence-corrected chi connectivity index (χ4v) is 2.42. The highest BCUT2D eigenvalue weighted by molar-refractivity contribution is 5.95. The molecule has 18 heavy (non-hydrogen) atoms. The van der Waals surface area contributed by atoms with E-state index in [1.807, 2.05) is 11.8 Å². The molecule has 4 nitrogen and oxygen atoms in total. The van der Waals surface area contributed by atoms with Gasteiger partial charge in [-0.15, -0.1) is 0 Å². The highest BCUT2D eigenvalue weighted by Crippen LogP contribution is 2.22. The molecule has 1 heterocycles. The van der Waals surface area contributed by atoms with Crippen LogP contribution in [0.3, 0.4) is 0 Å². The molecule has 1 aromatic carbocycles. The van der Waals surface area contributed by atoms with E-state index in [4.69, 9.17) is 5.73 Å². The molecule has 0 radical (unpaired) electrons. The molecule has 1 fully saturated rings. The van der Waals surface area contributed by atoms with Crippen LogP contribution in [0, 0.1) is 6.92 Å². The van der Waals surface area contributed by atoms with Crippen LogP contribution in [0.4, 0.5) is 0 Å². The van der Waals surface area contributed by atoms with Gasteiger partial charge in [0, 0.05) is 24.7 Å². The lowest BCUT2D eigenvalue weighted by Crippen LogP contribution is -2.47. The fraction of sp³-hybridized carbons (Fsp3) is 0.500. The molecule has 1 aliphatic heterocycles. The fourth-order valence-electron chi connectivity index (χ4n) is 2.42. The molecule has 4 heteroatoms. The second kappa shape index (κ2) is 5.40. The number of piperidine rings is 1. The van der Waals surface area contributed by atoms with Gasteiger partial charge in [0.15, 0.2) is 0 Å². The Hall–Kier alpha value is -1.55. The summed E-state index contributed by atoms with van der Waals surface area (Å²) >= 11 is 0. The summed E-state index contributed by atoms with van der Waals surface area (Å²) in [5, 5.41) is 9.68. The van der Waals surface area contributed by atoms with Gasteiger partial charge in [0.2, 0.25) is 0 Å². The third kappa shape index (κ3) is 2.48. The second-order valence-electron chi connectivity index (χ2n) is 4.89. The Labute approximate surface area is 107 Å². The van der Waals surface area contributed by atoms with Gasteiger partial charge in [-0.1, -0.05) is 6.07 Å².